The molecule has 0 fully saturated rings. The molecule has 0 saturated heterocycles. The van der Waals surface area contributed by atoms with E-state index < -0.39 is 11.6 Å². The number of anilines is 2. The predicted octanol–water partition coefficient (Wildman–Crippen LogP) is 4.06. The Hall–Kier alpha value is -3.42. The zero-order valence-electron chi connectivity index (χ0n) is 15.0. The second-order valence-electron chi connectivity index (χ2n) is 6.28. The fraction of sp³-hybridized carbons (Fsp3) is 0.158. The molecule has 0 aliphatic carbocycles. The first-order valence-corrected chi connectivity index (χ1v) is 8.27. The third-order valence-electron chi connectivity index (χ3n) is 4.30. The van der Waals surface area contributed by atoms with Crippen LogP contribution in [0.2, 0.25) is 0 Å². The van der Waals surface area contributed by atoms with Gasteiger partial charge in [0.1, 0.15) is 22.4 Å². The standard InChI is InChI=1S/C19H16F2N6/c1-10-7-22-15(17-12(20)5-4-11(2)25-17)6-14(10)26-18-13(21)8-23-16-9-24-27(3)19(16)18/h4-9H,1-3H3,(H,22,23,26). The average molecular weight is 366 g/mol. The van der Waals surface area contributed by atoms with E-state index in [4.69, 9.17) is 0 Å². The summed E-state index contributed by atoms with van der Waals surface area (Å²) in [5, 5.41) is 7.21. The Morgan fingerprint density at radius 3 is 2.63 bits per heavy atom. The molecule has 0 aliphatic heterocycles. The highest BCUT2D eigenvalue weighted by molar-refractivity contribution is 5.90. The largest absolute Gasteiger partial charge is 0.351 e. The Bertz CT molecular complexity index is 1170. The SMILES string of the molecule is Cc1ccc(F)c(-c2cc(Nc3c(F)cnc4cnn(C)c34)c(C)cn2)n1. The smallest absolute Gasteiger partial charge is 0.167 e. The highest BCUT2D eigenvalue weighted by atomic mass is 19.1. The molecule has 0 spiro atoms. The van der Waals surface area contributed by atoms with Crippen LogP contribution in [-0.4, -0.2) is 24.7 Å². The lowest BCUT2D eigenvalue weighted by molar-refractivity contribution is 0.623. The van der Waals surface area contributed by atoms with Crippen molar-refractivity contribution in [3.8, 4) is 11.4 Å². The highest BCUT2D eigenvalue weighted by Gasteiger charge is 2.16. The zero-order valence-corrected chi connectivity index (χ0v) is 15.0. The summed E-state index contributed by atoms with van der Waals surface area (Å²) in [6.07, 6.45) is 4.31. The maximum absolute atomic E-state index is 14.5. The number of hydrogen-bond donors (Lipinski definition) is 1. The van der Waals surface area contributed by atoms with Crippen molar-refractivity contribution in [2.24, 2.45) is 7.05 Å². The first-order chi connectivity index (χ1) is 12.9. The molecule has 136 valence electrons. The minimum atomic E-state index is -0.510. The summed E-state index contributed by atoms with van der Waals surface area (Å²) >= 11 is 0. The van der Waals surface area contributed by atoms with E-state index in [9.17, 15) is 8.78 Å². The van der Waals surface area contributed by atoms with Crippen LogP contribution in [0.5, 0.6) is 0 Å². The maximum atomic E-state index is 14.5. The fourth-order valence-corrected chi connectivity index (χ4v) is 2.87. The number of fused-ring (bicyclic) bond motifs is 1. The summed E-state index contributed by atoms with van der Waals surface area (Å²) in [5.74, 6) is -0.976. The molecule has 0 aliphatic rings. The van der Waals surface area contributed by atoms with Crippen molar-refractivity contribution in [2.75, 3.05) is 5.32 Å². The van der Waals surface area contributed by atoms with E-state index >= 15 is 0 Å². The fourth-order valence-electron chi connectivity index (χ4n) is 2.87. The zero-order chi connectivity index (χ0) is 19.1. The minimum Gasteiger partial charge on any atom is -0.351 e. The van der Waals surface area contributed by atoms with Crippen LogP contribution in [0.25, 0.3) is 22.4 Å². The number of pyridine rings is 3. The second-order valence-corrected chi connectivity index (χ2v) is 6.28. The number of nitrogens with one attached hydrogen (secondary N) is 1. The topological polar surface area (TPSA) is 68.5 Å². The quantitative estimate of drug-likeness (QED) is 0.592. The van der Waals surface area contributed by atoms with Crippen LogP contribution in [0.15, 0.2) is 36.8 Å². The van der Waals surface area contributed by atoms with Gasteiger partial charge in [-0.05, 0) is 37.6 Å². The molecule has 0 aromatic carbocycles. The lowest BCUT2D eigenvalue weighted by atomic mass is 10.1. The first-order valence-electron chi connectivity index (χ1n) is 8.27. The van der Waals surface area contributed by atoms with Crippen molar-refractivity contribution < 1.29 is 8.78 Å². The minimum absolute atomic E-state index is 0.152. The van der Waals surface area contributed by atoms with Crippen molar-refractivity contribution in [3.05, 3.63) is 59.7 Å². The normalized spacial score (nSPS) is 11.1. The molecule has 6 nitrogen and oxygen atoms in total. The molecule has 0 unspecified atom stereocenters. The van der Waals surface area contributed by atoms with E-state index in [1.165, 1.54) is 6.07 Å². The third kappa shape index (κ3) is 2.99. The Kier molecular flexibility index (Phi) is 4.02. The molecule has 4 rings (SSSR count). The summed E-state index contributed by atoms with van der Waals surface area (Å²) in [6.45, 7) is 3.61. The Balaban J connectivity index is 1.83. The van der Waals surface area contributed by atoms with Gasteiger partial charge in [0.15, 0.2) is 11.6 Å². The van der Waals surface area contributed by atoms with Crippen LogP contribution >= 0.6 is 0 Å². The molecule has 4 heterocycles. The summed E-state index contributed by atoms with van der Waals surface area (Å²) in [6, 6.07) is 4.61. The Morgan fingerprint density at radius 1 is 1.00 bits per heavy atom. The van der Waals surface area contributed by atoms with Gasteiger partial charge in [-0.3, -0.25) is 9.67 Å². The van der Waals surface area contributed by atoms with Crippen molar-refractivity contribution >= 4 is 22.4 Å². The number of aromatic nitrogens is 5. The molecular formula is C19H16F2N6. The second kappa shape index (κ2) is 6.39. The monoisotopic (exact) mass is 366 g/mol. The van der Waals surface area contributed by atoms with Crippen LogP contribution in [0.4, 0.5) is 20.2 Å². The molecule has 4 aromatic heterocycles. The molecule has 0 amide bonds. The Morgan fingerprint density at radius 2 is 1.81 bits per heavy atom. The van der Waals surface area contributed by atoms with Gasteiger partial charge in [0, 0.05) is 24.6 Å². The number of hydrogen-bond acceptors (Lipinski definition) is 5. The molecule has 4 aromatic rings. The van der Waals surface area contributed by atoms with Gasteiger partial charge in [-0.1, -0.05) is 0 Å². The average Bonchev–Trinajstić information content (AvgIpc) is 3.02. The van der Waals surface area contributed by atoms with E-state index in [-0.39, 0.29) is 11.4 Å². The van der Waals surface area contributed by atoms with E-state index in [0.717, 1.165) is 11.8 Å². The number of rotatable bonds is 3. The van der Waals surface area contributed by atoms with Gasteiger partial charge in [-0.2, -0.15) is 5.10 Å². The van der Waals surface area contributed by atoms with Gasteiger partial charge < -0.3 is 5.32 Å². The molecular weight excluding hydrogens is 350 g/mol. The van der Waals surface area contributed by atoms with E-state index in [2.05, 4.69) is 25.4 Å². The van der Waals surface area contributed by atoms with Gasteiger partial charge >= 0.3 is 0 Å². The van der Waals surface area contributed by atoms with Crippen LogP contribution in [-0.2, 0) is 7.05 Å². The molecule has 0 atom stereocenters. The van der Waals surface area contributed by atoms with Crippen LogP contribution in [0, 0.1) is 25.5 Å². The van der Waals surface area contributed by atoms with Crippen molar-refractivity contribution in [1.29, 1.82) is 0 Å². The van der Waals surface area contributed by atoms with Crippen LogP contribution in [0.1, 0.15) is 11.3 Å². The highest BCUT2D eigenvalue weighted by Crippen LogP contribution is 2.31. The summed E-state index contributed by atoms with van der Waals surface area (Å²) in [7, 11) is 1.71. The van der Waals surface area contributed by atoms with Crippen molar-refractivity contribution in [2.45, 2.75) is 13.8 Å². The molecule has 0 radical (unpaired) electrons. The molecule has 1 N–H and O–H groups in total. The molecule has 8 heteroatoms. The first kappa shape index (κ1) is 17.0. The molecule has 27 heavy (non-hydrogen) atoms. The van der Waals surface area contributed by atoms with Crippen LogP contribution in [0.3, 0.4) is 0 Å². The lowest BCUT2D eigenvalue weighted by Crippen LogP contribution is -2.03. The van der Waals surface area contributed by atoms with Crippen molar-refractivity contribution in [1.82, 2.24) is 24.7 Å². The van der Waals surface area contributed by atoms with Gasteiger partial charge in [0.25, 0.3) is 0 Å². The summed E-state index contributed by atoms with van der Waals surface area (Å²) in [4.78, 5) is 12.6. The summed E-state index contributed by atoms with van der Waals surface area (Å²) in [5.41, 5.74) is 3.91. The van der Waals surface area contributed by atoms with Gasteiger partial charge in [0.05, 0.1) is 18.1 Å². The molecule has 0 saturated carbocycles. The van der Waals surface area contributed by atoms with Crippen LogP contribution < -0.4 is 5.32 Å². The van der Waals surface area contributed by atoms with E-state index in [1.807, 2.05) is 6.92 Å². The van der Waals surface area contributed by atoms with E-state index in [1.54, 1.807) is 43.2 Å². The lowest BCUT2D eigenvalue weighted by Gasteiger charge is -2.13. The van der Waals surface area contributed by atoms with Gasteiger partial charge in [0.2, 0.25) is 0 Å². The van der Waals surface area contributed by atoms with Crippen molar-refractivity contribution in [3.63, 3.8) is 0 Å². The number of halogens is 2. The van der Waals surface area contributed by atoms with Gasteiger partial charge in [-0.25, -0.2) is 18.7 Å². The molecule has 0 bridgehead atoms. The number of nitrogens with zero attached hydrogens (tertiary/aromatic N) is 5. The maximum Gasteiger partial charge on any atom is 0.167 e. The van der Waals surface area contributed by atoms with E-state index in [0.29, 0.717) is 28.1 Å². The Labute approximate surface area is 153 Å². The third-order valence-corrected chi connectivity index (χ3v) is 4.30. The predicted molar refractivity (Wildman–Crippen MR) is 98.6 cm³/mol. The number of aryl methyl sites for hydroxylation is 3. The summed E-state index contributed by atoms with van der Waals surface area (Å²) < 4.78 is 30.2. The van der Waals surface area contributed by atoms with Gasteiger partial charge in [-0.15, -0.1) is 0 Å².